The lowest BCUT2D eigenvalue weighted by Gasteiger charge is -2.35. The minimum absolute atomic E-state index is 0.126. The molecule has 0 radical (unpaired) electrons. The molecule has 2 aliphatic carbocycles. The van der Waals surface area contributed by atoms with E-state index in [1.54, 1.807) is 28.0 Å². The van der Waals surface area contributed by atoms with Crippen LogP contribution in [-0.2, 0) is 14.4 Å². The maximum atomic E-state index is 13.0. The van der Waals surface area contributed by atoms with E-state index in [-0.39, 0.29) is 53.8 Å². The van der Waals surface area contributed by atoms with Crippen LogP contribution in [0.2, 0.25) is 0 Å². The summed E-state index contributed by atoms with van der Waals surface area (Å²) >= 11 is 0. The third kappa shape index (κ3) is 3.55. The number of carbonyl (C=O) groups is 4. The molecule has 3 fully saturated rings. The lowest BCUT2D eigenvalue weighted by Crippen LogP contribution is -2.53. The summed E-state index contributed by atoms with van der Waals surface area (Å²) in [6.45, 7) is 1.21. The molecule has 0 N–H and O–H groups in total. The number of piperazine rings is 1. The normalized spacial score (nSPS) is 27.9. The van der Waals surface area contributed by atoms with Gasteiger partial charge >= 0.3 is 0 Å². The van der Waals surface area contributed by atoms with Crippen LogP contribution in [0.3, 0.4) is 0 Å². The zero-order valence-corrected chi connectivity index (χ0v) is 18.7. The summed E-state index contributed by atoms with van der Waals surface area (Å²) in [5.41, 5.74) is 0.453. The lowest BCUT2D eigenvalue weighted by molar-refractivity contribution is -0.147. The van der Waals surface area contributed by atoms with Crippen molar-refractivity contribution in [2.75, 3.05) is 46.9 Å². The Kier molecular flexibility index (Phi) is 5.34. The lowest BCUT2D eigenvalue weighted by atomic mass is 9.85. The van der Waals surface area contributed by atoms with Crippen LogP contribution < -0.4 is 9.47 Å². The van der Waals surface area contributed by atoms with Gasteiger partial charge in [0.25, 0.3) is 5.91 Å². The van der Waals surface area contributed by atoms with Crippen molar-refractivity contribution in [3.63, 3.8) is 0 Å². The number of ether oxygens (including phenoxy) is 2. The van der Waals surface area contributed by atoms with Crippen molar-refractivity contribution in [3.05, 3.63) is 35.9 Å². The van der Waals surface area contributed by atoms with E-state index in [9.17, 15) is 19.2 Å². The number of rotatable bonds is 5. The minimum Gasteiger partial charge on any atom is -0.497 e. The first-order valence-corrected chi connectivity index (χ1v) is 11.2. The van der Waals surface area contributed by atoms with Gasteiger partial charge in [-0.25, -0.2) is 0 Å². The smallest absolute Gasteiger partial charge is 0.254 e. The van der Waals surface area contributed by atoms with Gasteiger partial charge in [-0.15, -0.1) is 0 Å². The van der Waals surface area contributed by atoms with E-state index in [4.69, 9.17) is 9.47 Å². The van der Waals surface area contributed by atoms with Gasteiger partial charge in [0.05, 0.1) is 26.1 Å². The molecule has 2 saturated heterocycles. The molecule has 33 heavy (non-hydrogen) atoms. The molecule has 9 nitrogen and oxygen atoms in total. The van der Waals surface area contributed by atoms with Gasteiger partial charge in [0.15, 0.2) is 0 Å². The van der Waals surface area contributed by atoms with Gasteiger partial charge in [0.1, 0.15) is 18.0 Å². The Morgan fingerprint density at radius 2 is 1.36 bits per heavy atom. The molecular weight excluding hydrogens is 426 g/mol. The topological polar surface area (TPSA) is 96.5 Å². The summed E-state index contributed by atoms with van der Waals surface area (Å²) < 4.78 is 10.5. The molecule has 174 valence electrons. The molecule has 1 saturated carbocycles. The van der Waals surface area contributed by atoms with Gasteiger partial charge in [-0.1, -0.05) is 12.2 Å². The molecule has 4 atom stereocenters. The average Bonchev–Trinajstić information content (AvgIpc) is 3.53. The number of allylic oxidation sites excluding steroid dienone is 2. The minimum atomic E-state index is -0.297. The maximum absolute atomic E-state index is 13.0. The molecule has 2 heterocycles. The summed E-state index contributed by atoms with van der Waals surface area (Å²) in [5, 5.41) is 0. The second-order valence-electron chi connectivity index (χ2n) is 9.04. The molecule has 4 aliphatic rings. The number of methoxy groups -OCH3 is 2. The Bertz CT molecular complexity index is 992. The van der Waals surface area contributed by atoms with Crippen LogP contribution in [0.25, 0.3) is 0 Å². The molecule has 1 aromatic carbocycles. The molecule has 0 spiro atoms. The number of benzene rings is 1. The van der Waals surface area contributed by atoms with Gasteiger partial charge in [-0.3, -0.25) is 24.1 Å². The molecule has 0 aromatic heterocycles. The summed E-state index contributed by atoms with van der Waals surface area (Å²) in [6, 6.07) is 5.02. The first kappa shape index (κ1) is 21.5. The fourth-order valence-electron chi connectivity index (χ4n) is 5.63. The summed E-state index contributed by atoms with van der Waals surface area (Å²) in [4.78, 5) is 56.0. The number of amides is 4. The van der Waals surface area contributed by atoms with Crippen LogP contribution >= 0.6 is 0 Å². The monoisotopic (exact) mass is 453 g/mol. The average molecular weight is 453 g/mol. The van der Waals surface area contributed by atoms with Crippen molar-refractivity contribution in [2.24, 2.45) is 23.7 Å². The molecule has 9 heteroatoms. The fourth-order valence-corrected chi connectivity index (χ4v) is 5.63. The van der Waals surface area contributed by atoms with Crippen LogP contribution in [0.4, 0.5) is 0 Å². The number of likely N-dealkylation sites (tertiary alicyclic amines) is 1. The van der Waals surface area contributed by atoms with Crippen molar-refractivity contribution >= 4 is 23.6 Å². The quantitative estimate of drug-likeness (QED) is 0.483. The molecule has 1 aromatic rings. The first-order valence-electron chi connectivity index (χ1n) is 11.2. The van der Waals surface area contributed by atoms with E-state index >= 15 is 0 Å². The molecule has 2 aliphatic heterocycles. The number of hydrogen-bond donors (Lipinski definition) is 0. The predicted octanol–water partition coefficient (Wildman–Crippen LogP) is 0.795. The maximum Gasteiger partial charge on any atom is 0.254 e. The molecule has 4 unspecified atom stereocenters. The van der Waals surface area contributed by atoms with Gasteiger partial charge in [-0.05, 0) is 30.4 Å². The van der Waals surface area contributed by atoms with Gasteiger partial charge < -0.3 is 19.3 Å². The zero-order chi connectivity index (χ0) is 23.3. The summed E-state index contributed by atoms with van der Waals surface area (Å²) in [6.07, 6.45) is 4.94. The zero-order valence-electron chi connectivity index (χ0n) is 18.7. The Morgan fingerprint density at radius 3 is 1.88 bits per heavy atom. The molecular formula is C24H27N3O6. The second-order valence-corrected chi connectivity index (χ2v) is 9.04. The van der Waals surface area contributed by atoms with Crippen LogP contribution in [0.1, 0.15) is 16.8 Å². The Morgan fingerprint density at radius 1 is 0.848 bits per heavy atom. The highest BCUT2D eigenvalue weighted by Gasteiger charge is 2.59. The van der Waals surface area contributed by atoms with E-state index in [0.29, 0.717) is 43.2 Å². The first-order chi connectivity index (χ1) is 15.9. The molecule has 2 bridgehead atoms. The summed E-state index contributed by atoms with van der Waals surface area (Å²) in [7, 11) is 3.05. The van der Waals surface area contributed by atoms with Gasteiger partial charge in [0, 0.05) is 37.8 Å². The highest BCUT2D eigenvalue weighted by molar-refractivity contribution is 6.08. The van der Waals surface area contributed by atoms with E-state index in [0.717, 1.165) is 11.3 Å². The largest absolute Gasteiger partial charge is 0.497 e. The van der Waals surface area contributed by atoms with Crippen LogP contribution in [0, 0.1) is 23.7 Å². The third-order valence-electron chi connectivity index (χ3n) is 7.37. The highest BCUT2D eigenvalue weighted by atomic mass is 16.5. The van der Waals surface area contributed by atoms with Crippen LogP contribution in [-0.4, -0.2) is 85.3 Å². The van der Waals surface area contributed by atoms with Crippen LogP contribution in [0.15, 0.2) is 30.4 Å². The van der Waals surface area contributed by atoms with Gasteiger partial charge in [0.2, 0.25) is 17.7 Å². The van der Waals surface area contributed by atoms with E-state index in [1.807, 2.05) is 12.2 Å². The molecule has 4 amide bonds. The Balaban J connectivity index is 1.19. The van der Waals surface area contributed by atoms with Crippen LogP contribution in [0.5, 0.6) is 11.5 Å². The Labute approximate surface area is 191 Å². The van der Waals surface area contributed by atoms with Crippen molar-refractivity contribution in [1.29, 1.82) is 0 Å². The summed E-state index contributed by atoms with van der Waals surface area (Å²) in [5.74, 6) is -0.134. The van der Waals surface area contributed by atoms with E-state index in [1.165, 1.54) is 14.2 Å². The number of carbonyl (C=O) groups excluding carboxylic acids is 4. The van der Waals surface area contributed by atoms with E-state index in [2.05, 4.69) is 0 Å². The second kappa shape index (κ2) is 8.20. The number of imide groups is 1. The van der Waals surface area contributed by atoms with Gasteiger partial charge in [-0.2, -0.15) is 0 Å². The van der Waals surface area contributed by atoms with Crippen molar-refractivity contribution in [1.82, 2.24) is 14.7 Å². The predicted molar refractivity (Wildman–Crippen MR) is 116 cm³/mol. The Hall–Kier alpha value is -3.36. The number of nitrogens with zero attached hydrogens (tertiary/aromatic N) is 3. The SMILES string of the molecule is COc1cc(OC)cc(C(=O)N2CCN(C(=O)CN3C(=O)C4C5C=CC(C5)C4C3=O)CC2)c1. The third-order valence-corrected chi connectivity index (χ3v) is 7.37. The molecule has 5 rings (SSSR count). The van der Waals surface area contributed by atoms with Crippen molar-refractivity contribution < 1.29 is 28.7 Å². The number of fused-ring (bicyclic) bond motifs is 5. The standard InChI is InChI=1S/C24H27N3O6/c1-32-17-10-16(11-18(12-17)33-2)22(29)26-7-5-25(6-8-26)19(28)13-27-23(30)20-14-3-4-15(9-14)21(20)24(27)31/h3-4,10-12,14-15,20-21H,5-9,13H2,1-2H3. The van der Waals surface area contributed by atoms with Crippen molar-refractivity contribution in [3.8, 4) is 11.5 Å². The fraction of sp³-hybridized carbons (Fsp3) is 0.500. The van der Waals surface area contributed by atoms with E-state index < -0.39 is 0 Å². The number of hydrogen-bond acceptors (Lipinski definition) is 6. The van der Waals surface area contributed by atoms with Crippen molar-refractivity contribution in [2.45, 2.75) is 6.42 Å². The highest BCUT2D eigenvalue weighted by Crippen LogP contribution is 2.52.